The zero-order valence-corrected chi connectivity index (χ0v) is 26.7. The van der Waals surface area contributed by atoms with E-state index in [2.05, 4.69) is 105 Å². The van der Waals surface area contributed by atoms with Crippen molar-refractivity contribution in [1.82, 2.24) is 0 Å². The lowest BCUT2D eigenvalue weighted by Crippen LogP contribution is -2.06. The van der Waals surface area contributed by atoms with E-state index in [4.69, 9.17) is 23.7 Å². The van der Waals surface area contributed by atoms with Crippen LogP contribution in [0.4, 0.5) is 0 Å². The van der Waals surface area contributed by atoms with Crippen LogP contribution in [0.25, 0.3) is 33.4 Å². The van der Waals surface area contributed by atoms with Crippen LogP contribution in [-0.4, -0.2) is 46.9 Å². The zero-order valence-electron chi connectivity index (χ0n) is 26.7. The highest BCUT2D eigenvalue weighted by Gasteiger charge is 2.09. The molecule has 0 fully saturated rings. The molecular formula is C39H48O5. The van der Waals surface area contributed by atoms with E-state index in [1.54, 1.807) is 7.11 Å². The third kappa shape index (κ3) is 10.8. The highest BCUT2D eigenvalue weighted by atomic mass is 16.7. The van der Waals surface area contributed by atoms with Crippen LogP contribution in [-0.2, 0) is 20.6 Å². The van der Waals surface area contributed by atoms with E-state index >= 15 is 0 Å². The van der Waals surface area contributed by atoms with Crippen LogP contribution in [0, 0.1) is 0 Å². The predicted octanol–water partition coefficient (Wildman–Crippen LogP) is 9.62. The largest absolute Gasteiger partial charge is 0.494 e. The molecule has 4 aromatic rings. The summed E-state index contributed by atoms with van der Waals surface area (Å²) in [5.41, 5.74) is 8.36. The third-order valence-corrected chi connectivity index (χ3v) is 7.48. The minimum atomic E-state index is 0.310. The Labute approximate surface area is 264 Å². The molecule has 4 rings (SSSR count). The van der Waals surface area contributed by atoms with E-state index in [0.717, 1.165) is 63.2 Å². The van der Waals surface area contributed by atoms with E-state index in [1.165, 1.54) is 38.9 Å². The zero-order chi connectivity index (χ0) is 30.8. The molecule has 44 heavy (non-hydrogen) atoms. The number of rotatable bonds is 20. The molecular weight excluding hydrogens is 548 g/mol. The molecule has 5 nitrogen and oxygen atoms in total. The van der Waals surface area contributed by atoms with Crippen molar-refractivity contribution < 1.29 is 23.7 Å². The fraction of sp³-hybridized carbons (Fsp3) is 0.385. The number of unbranched alkanes of at least 4 members (excludes halogenated alkanes) is 2. The highest BCUT2D eigenvalue weighted by Crippen LogP contribution is 2.34. The SMILES string of the molecule is CCCCOc1ccc(-c2cc(-c3ccc(CCCOCOCCOC)cc3)cc(-c3ccc(OCCCC)cc3)c2)cc1. The van der Waals surface area contributed by atoms with Crippen molar-refractivity contribution in [2.45, 2.75) is 52.4 Å². The normalized spacial score (nSPS) is 11.1. The average molecular weight is 597 g/mol. The summed E-state index contributed by atoms with van der Waals surface area (Å²) >= 11 is 0. The lowest BCUT2D eigenvalue weighted by molar-refractivity contribution is -0.0660. The molecule has 0 bridgehead atoms. The molecule has 0 aliphatic carbocycles. The molecule has 0 heterocycles. The van der Waals surface area contributed by atoms with E-state index in [1.807, 2.05) is 0 Å². The van der Waals surface area contributed by atoms with Crippen LogP contribution in [0.15, 0.2) is 91.0 Å². The van der Waals surface area contributed by atoms with Gasteiger partial charge in [0.1, 0.15) is 18.3 Å². The van der Waals surface area contributed by atoms with E-state index in [9.17, 15) is 0 Å². The first-order chi connectivity index (χ1) is 21.7. The van der Waals surface area contributed by atoms with Crippen LogP contribution in [0.5, 0.6) is 11.5 Å². The van der Waals surface area contributed by atoms with Crippen LogP contribution in [0.1, 0.15) is 51.5 Å². The van der Waals surface area contributed by atoms with Gasteiger partial charge in [-0.05, 0) is 107 Å². The van der Waals surface area contributed by atoms with Crippen molar-refractivity contribution in [2.24, 2.45) is 0 Å². The van der Waals surface area contributed by atoms with E-state index in [-0.39, 0.29) is 0 Å². The monoisotopic (exact) mass is 596 g/mol. The van der Waals surface area contributed by atoms with Crippen LogP contribution >= 0.6 is 0 Å². The van der Waals surface area contributed by atoms with Gasteiger partial charge in [-0.15, -0.1) is 0 Å². The summed E-state index contributed by atoms with van der Waals surface area (Å²) in [5, 5.41) is 0. The Hall–Kier alpha value is -3.64. The summed E-state index contributed by atoms with van der Waals surface area (Å²) in [5.74, 6) is 1.83. The van der Waals surface area contributed by atoms with Crippen molar-refractivity contribution >= 4 is 0 Å². The fourth-order valence-corrected chi connectivity index (χ4v) is 4.84. The Bertz CT molecular complexity index is 1280. The van der Waals surface area contributed by atoms with Gasteiger partial charge in [-0.1, -0.05) is 75.2 Å². The Morgan fingerprint density at radius 3 is 1.36 bits per heavy atom. The number of hydrogen-bond donors (Lipinski definition) is 0. The molecule has 5 heteroatoms. The smallest absolute Gasteiger partial charge is 0.146 e. The van der Waals surface area contributed by atoms with Crippen LogP contribution in [0.3, 0.4) is 0 Å². The first kappa shape index (κ1) is 33.3. The van der Waals surface area contributed by atoms with Crippen molar-refractivity contribution in [2.75, 3.05) is 46.9 Å². The summed E-state index contributed by atoms with van der Waals surface area (Å²) < 4.78 is 27.7. The Kier molecular flexibility index (Phi) is 14.3. The molecule has 0 saturated carbocycles. The van der Waals surface area contributed by atoms with Crippen molar-refractivity contribution in [3.8, 4) is 44.9 Å². The van der Waals surface area contributed by atoms with Gasteiger partial charge in [-0.2, -0.15) is 0 Å². The van der Waals surface area contributed by atoms with Gasteiger partial charge in [0.05, 0.1) is 26.4 Å². The maximum Gasteiger partial charge on any atom is 0.146 e. The second-order valence-electron chi connectivity index (χ2n) is 11.0. The number of methoxy groups -OCH3 is 1. The molecule has 0 spiro atoms. The second kappa shape index (κ2) is 18.9. The number of ether oxygens (including phenoxy) is 5. The van der Waals surface area contributed by atoms with Gasteiger partial charge < -0.3 is 23.7 Å². The standard InChI is InChI=1S/C39H48O5/c1-4-6-23-43-38-18-14-33(15-19-38)36-27-35(28-37(29-36)34-16-20-39(21-17-34)44-24-7-5-2)32-12-10-31(11-13-32)9-8-22-41-30-42-26-25-40-3/h10-21,27-29H,4-9,22-26,30H2,1-3H3. The van der Waals surface area contributed by atoms with Gasteiger partial charge in [0.15, 0.2) is 0 Å². The molecule has 0 amide bonds. The van der Waals surface area contributed by atoms with Crippen molar-refractivity contribution in [3.63, 3.8) is 0 Å². The highest BCUT2D eigenvalue weighted by molar-refractivity contribution is 5.81. The van der Waals surface area contributed by atoms with Crippen molar-refractivity contribution in [3.05, 3.63) is 96.6 Å². The number of benzene rings is 4. The third-order valence-electron chi connectivity index (χ3n) is 7.48. The minimum absolute atomic E-state index is 0.310. The Morgan fingerprint density at radius 2 is 0.909 bits per heavy atom. The molecule has 0 aliphatic rings. The Morgan fingerprint density at radius 1 is 0.455 bits per heavy atom. The molecule has 0 unspecified atom stereocenters. The van der Waals surface area contributed by atoms with Gasteiger partial charge in [-0.3, -0.25) is 0 Å². The van der Waals surface area contributed by atoms with Crippen LogP contribution < -0.4 is 9.47 Å². The molecule has 0 aromatic heterocycles. The average Bonchev–Trinajstić information content (AvgIpc) is 3.07. The number of aryl methyl sites for hydroxylation is 1. The molecule has 0 saturated heterocycles. The molecule has 4 aromatic carbocycles. The predicted molar refractivity (Wildman–Crippen MR) is 181 cm³/mol. The quantitative estimate of drug-likeness (QED) is 0.0751. The van der Waals surface area contributed by atoms with Crippen LogP contribution in [0.2, 0.25) is 0 Å². The molecule has 0 aliphatic heterocycles. The van der Waals surface area contributed by atoms with E-state index in [0.29, 0.717) is 26.6 Å². The lowest BCUT2D eigenvalue weighted by atomic mass is 9.93. The summed E-state index contributed by atoms with van der Waals surface area (Å²) in [7, 11) is 1.66. The first-order valence-electron chi connectivity index (χ1n) is 16.1. The molecule has 0 radical (unpaired) electrons. The fourth-order valence-electron chi connectivity index (χ4n) is 4.84. The summed E-state index contributed by atoms with van der Waals surface area (Å²) in [6, 6.07) is 32.7. The van der Waals surface area contributed by atoms with Gasteiger partial charge in [-0.25, -0.2) is 0 Å². The van der Waals surface area contributed by atoms with E-state index < -0.39 is 0 Å². The van der Waals surface area contributed by atoms with Gasteiger partial charge >= 0.3 is 0 Å². The minimum Gasteiger partial charge on any atom is -0.494 e. The Balaban J connectivity index is 1.50. The maximum atomic E-state index is 5.91. The van der Waals surface area contributed by atoms with Crippen molar-refractivity contribution in [1.29, 1.82) is 0 Å². The molecule has 234 valence electrons. The maximum absolute atomic E-state index is 5.91. The molecule has 0 atom stereocenters. The molecule has 0 N–H and O–H groups in total. The van der Waals surface area contributed by atoms with Gasteiger partial charge in [0.2, 0.25) is 0 Å². The summed E-state index contributed by atoms with van der Waals surface area (Å²) in [6.07, 6.45) is 6.28. The first-order valence-corrected chi connectivity index (χ1v) is 16.1. The number of hydrogen-bond acceptors (Lipinski definition) is 5. The lowest BCUT2D eigenvalue weighted by Gasteiger charge is -2.13. The van der Waals surface area contributed by atoms with Gasteiger partial charge in [0, 0.05) is 13.7 Å². The summed E-state index contributed by atoms with van der Waals surface area (Å²) in [6.45, 7) is 7.97. The second-order valence-corrected chi connectivity index (χ2v) is 11.0. The summed E-state index contributed by atoms with van der Waals surface area (Å²) in [4.78, 5) is 0. The van der Waals surface area contributed by atoms with Gasteiger partial charge in [0.25, 0.3) is 0 Å². The topological polar surface area (TPSA) is 46.2 Å².